The fraction of sp³-hybridized carbons (Fsp3) is 0.878. The second kappa shape index (κ2) is 33.8. The molecule has 3 amide bonds. The number of hydrogen-bond donors (Lipinski definition) is 7. The van der Waals surface area contributed by atoms with E-state index in [9.17, 15) is 19.2 Å². The van der Waals surface area contributed by atoms with Gasteiger partial charge in [0, 0.05) is 31.3 Å². The number of carbonyl (C=O) groups excluding carboxylic acids is 4. The molecule has 0 aliphatic heterocycles. The zero-order chi connectivity index (χ0) is 39.7. The van der Waals surface area contributed by atoms with Crippen LogP contribution >= 0.6 is 0 Å². The Morgan fingerprint density at radius 3 is 1.62 bits per heavy atom. The van der Waals surface area contributed by atoms with Crippen LogP contribution in [0.1, 0.15) is 182 Å². The molecule has 12 heteroatoms. The van der Waals surface area contributed by atoms with E-state index in [-0.39, 0.29) is 47.8 Å². The molecular weight excluding hydrogens is 669 g/mol. The highest BCUT2D eigenvalue weighted by Crippen LogP contribution is 2.20. The molecule has 0 spiro atoms. The maximum atomic E-state index is 13.8. The lowest BCUT2D eigenvalue weighted by Gasteiger charge is -2.26. The molecule has 12 nitrogen and oxygen atoms in total. The van der Waals surface area contributed by atoms with Gasteiger partial charge < -0.3 is 38.9 Å². The van der Waals surface area contributed by atoms with Gasteiger partial charge in [0.25, 0.3) is 0 Å². The van der Waals surface area contributed by atoms with Crippen molar-refractivity contribution in [2.24, 2.45) is 39.8 Å². The highest BCUT2D eigenvalue weighted by Gasteiger charge is 2.30. The van der Waals surface area contributed by atoms with Gasteiger partial charge in [-0.3, -0.25) is 24.2 Å². The van der Waals surface area contributed by atoms with Crippen molar-refractivity contribution in [1.29, 1.82) is 0 Å². The van der Waals surface area contributed by atoms with Crippen molar-refractivity contribution in [3.8, 4) is 0 Å². The predicted molar refractivity (Wildman–Crippen MR) is 220 cm³/mol. The molecule has 0 saturated carbocycles. The summed E-state index contributed by atoms with van der Waals surface area (Å²) in [6.45, 7) is 9.68. The van der Waals surface area contributed by atoms with Crippen LogP contribution in [-0.2, 0) is 19.2 Å². The number of carbonyl (C=O) groups is 4. The number of ketones is 1. The Hall–Kier alpha value is -2.73. The first-order chi connectivity index (χ1) is 25.4. The van der Waals surface area contributed by atoms with E-state index in [1.807, 2.05) is 20.8 Å². The lowest BCUT2D eigenvalue weighted by molar-refractivity contribution is -0.134. The van der Waals surface area contributed by atoms with Gasteiger partial charge in [-0.15, -0.1) is 0 Å². The highest BCUT2D eigenvalue weighted by molar-refractivity contribution is 5.94. The number of Topliss-reactive ketones (excluding diaryl/α,β-unsaturated/α-hetero) is 1. The third-order valence-electron chi connectivity index (χ3n) is 9.81. The van der Waals surface area contributed by atoms with Gasteiger partial charge in [-0.2, -0.15) is 0 Å². The van der Waals surface area contributed by atoms with Gasteiger partial charge in [0.2, 0.25) is 17.7 Å². The second-order valence-electron chi connectivity index (χ2n) is 15.6. The zero-order valence-corrected chi connectivity index (χ0v) is 34.4. The quantitative estimate of drug-likeness (QED) is 0.0232. The van der Waals surface area contributed by atoms with Crippen LogP contribution in [-0.4, -0.2) is 67.2 Å². The van der Waals surface area contributed by atoms with Crippen molar-refractivity contribution in [3.63, 3.8) is 0 Å². The van der Waals surface area contributed by atoms with Crippen molar-refractivity contribution in [1.82, 2.24) is 16.0 Å². The van der Waals surface area contributed by atoms with E-state index in [1.165, 1.54) is 64.2 Å². The molecule has 11 N–H and O–H groups in total. The largest absolute Gasteiger partial charge is 0.370 e. The standard InChI is InChI=1S/C41H82N8O4/c1-5-6-7-8-9-10-11-12-13-14-15-16-17-26-38(51)48-36(25-19-21-28-43)40(53)49-35(24-18-20-27-42)37(50)31-34(30-32(2)3)39(52)47-33(4)23-22-29-46-41(44)45/h32-36H,5-31,42-43H2,1-4H3,(H,47,52)(H,48,51)(H,49,53)(H4,44,45,46)/t33-,34-,35+,36-/m1/s1. The number of nitrogens with zero attached hydrogens (tertiary/aromatic N) is 1. The van der Waals surface area contributed by atoms with E-state index in [0.29, 0.717) is 77.4 Å². The summed E-state index contributed by atoms with van der Waals surface area (Å²) in [7, 11) is 0. The van der Waals surface area contributed by atoms with Gasteiger partial charge in [-0.1, -0.05) is 97.8 Å². The summed E-state index contributed by atoms with van der Waals surface area (Å²) in [4.78, 5) is 57.9. The summed E-state index contributed by atoms with van der Waals surface area (Å²) in [6, 6.07) is -1.64. The molecule has 0 aliphatic rings. The number of nitrogens with two attached hydrogens (primary N) is 4. The number of hydrogen-bond acceptors (Lipinski definition) is 7. The van der Waals surface area contributed by atoms with Crippen molar-refractivity contribution in [2.75, 3.05) is 19.6 Å². The monoisotopic (exact) mass is 751 g/mol. The maximum absolute atomic E-state index is 13.8. The lowest BCUT2D eigenvalue weighted by Crippen LogP contribution is -2.52. The summed E-state index contributed by atoms with van der Waals surface area (Å²) < 4.78 is 0. The van der Waals surface area contributed by atoms with Gasteiger partial charge in [0.1, 0.15) is 6.04 Å². The van der Waals surface area contributed by atoms with Crippen molar-refractivity contribution in [2.45, 2.75) is 200 Å². The first kappa shape index (κ1) is 50.3. The minimum absolute atomic E-state index is 0.0154. The minimum atomic E-state index is -0.775. The average molecular weight is 751 g/mol. The fourth-order valence-electron chi connectivity index (χ4n) is 6.69. The molecule has 310 valence electrons. The first-order valence-electron chi connectivity index (χ1n) is 21.3. The van der Waals surface area contributed by atoms with Crippen molar-refractivity contribution < 1.29 is 19.2 Å². The summed E-state index contributed by atoms with van der Waals surface area (Å²) in [6.07, 6.45) is 22.0. The normalized spacial score (nSPS) is 13.6. The number of unbranched alkanes of at least 4 members (excludes halogenated alkanes) is 14. The lowest BCUT2D eigenvalue weighted by atomic mass is 9.88. The second-order valence-corrected chi connectivity index (χ2v) is 15.6. The Balaban J connectivity index is 5.20. The smallest absolute Gasteiger partial charge is 0.243 e. The van der Waals surface area contributed by atoms with E-state index in [1.54, 1.807) is 0 Å². The average Bonchev–Trinajstić information content (AvgIpc) is 3.10. The van der Waals surface area contributed by atoms with E-state index >= 15 is 0 Å². The molecule has 0 aliphatic carbocycles. The number of amides is 3. The highest BCUT2D eigenvalue weighted by atomic mass is 16.2. The molecule has 0 bridgehead atoms. The van der Waals surface area contributed by atoms with Gasteiger partial charge >= 0.3 is 0 Å². The molecule has 4 atom stereocenters. The number of rotatable bonds is 36. The van der Waals surface area contributed by atoms with Crippen LogP contribution in [0.2, 0.25) is 0 Å². The number of nitrogens with one attached hydrogen (secondary N) is 3. The molecule has 0 aromatic carbocycles. The molecule has 53 heavy (non-hydrogen) atoms. The third kappa shape index (κ3) is 29.3. The van der Waals surface area contributed by atoms with Crippen molar-refractivity contribution in [3.05, 3.63) is 0 Å². The molecule has 0 fully saturated rings. The molecular formula is C41H82N8O4. The van der Waals surface area contributed by atoms with Gasteiger partial charge in [0.15, 0.2) is 11.7 Å². The predicted octanol–water partition coefficient (Wildman–Crippen LogP) is 5.88. The van der Waals surface area contributed by atoms with Crippen LogP contribution in [0.4, 0.5) is 0 Å². The van der Waals surface area contributed by atoms with E-state index < -0.39 is 18.0 Å². The SMILES string of the molecule is CCCCCCCCCCCCCCCC(=O)N[C@H](CCCCN)C(=O)N[C@@H](CCCCN)C(=O)C[C@@H](CC(C)C)C(=O)N[C@H](C)CCCN=C(N)N. The summed E-state index contributed by atoms with van der Waals surface area (Å²) in [5.74, 6) is -1.17. The van der Waals surface area contributed by atoms with Crippen LogP contribution in [0.3, 0.4) is 0 Å². The first-order valence-corrected chi connectivity index (χ1v) is 21.3. The molecule has 0 rings (SSSR count). The van der Waals surface area contributed by atoms with Crippen LogP contribution in [0.25, 0.3) is 0 Å². The summed E-state index contributed by atoms with van der Waals surface area (Å²) in [5.41, 5.74) is 22.3. The van der Waals surface area contributed by atoms with Crippen molar-refractivity contribution >= 4 is 29.5 Å². The third-order valence-corrected chi connectivity index (χ3v) is 9.81. The summed E-state index contributed by atoms with van der Waals surface area (Å²) in [5, 5.41) is 8.98. The van der Waals surface area contributed by atoms with E-state index in [2.05, 4.69) is 27.9 Å². The number of aliphatic imine (C=N–C) groups is 1. The minimum Gasteiger partial charge on any atom is -0.370 e. The van der Waals surface area contributed by atoms with Gasteiger partial charge in [0.05, 0.1) is 6.04 Å². The Kier molecular flexibility index (Phi) is 32.1. The zero-order valence-electron chi connectivity index (χ0n) is 34.4. The molecule has 0 saturated heterocycles. The van der Waals surface area contributed by atoms with Crippen LogP contribution < -0.4 is 38.9 Å². The Morgan fingerprint density at radius 1 is 0.585 bits per heavy atom. The van der Waals surface area contributed by atoms with Gasteiger partial charge in [-0.25, -0.2) is 0 Å². The fourth-order valence-corrected chi connectivity index (χ4v) is 6.69. The number of guanidine groups is 1. The molecule has 0 unspecified atom stereocenters. The van der Waals surface area contributed by atoms with Crippen LogP contribution in [0.5, 0.6) is 0 Å². The topological polar surface area (TPSA) is 221 Å². The molecule has 0 radical (unpaired) electrons. The van der Waals surface area contributed by atoms with Crippen LogP contribution in [0.15, 0.2) is 4.99 Å². The van der Waals surface area contributed by atoms with E-state index in [4.69, 9.17) is 22.9 Å². The molecule has 0 heterocycles. The van der Waals surface area contributed by atoms with Crippen LogP contribution in [0, 0.1) is 11.8 Å². The molecule has 0 aromatic rings. The Labute approximate surface area is 323 Å². The Morgan fingerprint density at radius 2 is 1.11 bits per heavy atom. The Bertz CT molecular complexity index is 989. The summed E-state index contributed by atoms with van der Waals surface area (Å²) >= 11 is 0. The van der Waals surface area contributed by atoms with Gasteiger partial charge in [-0.05, 0) is 90.1 Å². The van der Waals surface area contributed by atoms with E-state index in [0.717, 1.165) is 25.7 Å². The molecule has 0 aromatic heterocycles. The maximum Gasteiger partial charge on any atom is 0.243 e.